The van der Waals surface area contributed by atoms with Crippen LogP contribution in [0.3, 0.4) is 0 Å². The summed E-state index contributed by atoms with van der Waals surface area (Å²) in [5.41, 5.74) is 10.4. The minimum absolute atomic E-state index is 0.186. The summed E-state index contributed by atoms with van der Waals surface area (Å²) in [5.74, 6) is -1.51. The van der Waals surface area contributed by atoms with Crippen LogP contribution in [0.1, 0.15) is 281 Å². The number of rotatable bonds is 42. The first-order valence-corrected chi connectivity index (χ1v) is 51.0. The third-order valence-electron chi connectivity index (χ3n) is 25.3. The van der Waals surface area contributed by atoms with Gasteiger partial charge in [0.15, 0.2) is 23.3 Å². The number of unbranched alkanes of at least 4 members (excludes halogenated alkanes) is 10. The lowest BCUT2D eigenvalue weighted by atomic mass is 9.63. The summed E-state index contributed by atoms with van der Waals surface area (Å²) in [7, 11) is 0. The summed E-state index contributed by atoms with van der Waals surface area (Å²) in [6.45, 7) is 23.5. The van der Waals surface area contributed by atoms with E-state index in [0.29, 0.717) is 65.2 Å². The number of hydrogen-bond donors (Lipinski definition) is 0. The van der Waals surface area contributed by atoms with Gasteiger partial charge in [-0.25, -0.2) is 17.6 Å². The van der Waals surface area contributed by atoms with Crippen molar-refractivity contribution < 1.29 is 17.6 Å². The van der Waals surface area contributed by atoms with Crippen LogP contribution in [-0.2, 0) is 23.7 Å². The number of nitrogens with zero attached hydrogens (tertiary/aromatic N) is 4. The number of hydrogen-bond acceptors (Lipinski definition) is 14. The molecule has 3 aromatic carbocycles. The van der Waals surface area contributed by atoms with Crippen LogP contribution in [0.25, 0.3) is 124 Å². The maximum absolute atomic E-state index is 17.5. The van der Waals surface area contributed by atoms with Gasteiger partial charge in [-0.3, -0.25) is 0 Å². The zero-order valence-corrected chi connectivity index (χ0v) is 76.3. The summed E-state index contributed by atoms with van der Waals surface area (Å²) in [5, 5.41) is 0. The van der Waals surface area contributed by atoms with Gasteiger partial charge in [-0.2, -0.15) is 17.5 Å². The molecular weight excluding hydrogens is 1610 g/mol. The van der Waals surface area contributed by atoms with Gasteiger partial charge in [0.1, 0.15) is 22.1 Å². The summed E-state index contributed by atoms with van der Waals surface area (Å²) in [4.78, 5) is 16.9. The van der Waals surface area contributed by atoms with E-state index in [1.807, 2.05) is 59.1 Å². The van der Waals surface area contributed by atoms with E-state index in [0.717, 1.165) is 143 Å². The second-order valence-electron chi connectivity index (χ2n) is 32.8. The highest BCUT2D eigenvalue weighted by atomic mass is 32.1. The molecule has 0 bridgehead atoms. The Morgan fingerprint density at radius 3 is 0.842 bits per heavy atom. The summed E-state index contributed by atoms with van der Waals surface area (Å²) in [6, 6.07) is 35.7. The molecule has 602 valence electrons. The van der Waals surface area contributed by atoms with Crippen LogP contribution in [0.15, 0.2) is 97.1 Å². The predicted molar refractivity (Wildman–Crippen MR) is 495 cm³/mol. The molecule has 0 saturated carbocycles. The van der Waals surface area contributed by atoms with Crippen LogP contribution >= 0.6 is 114 Å². The average molecular weight is 1720 g/mol. The van der Waals surface area contributed by atoms with E-state index in [1.165, 1.54) is 188 Å². The van der Waals surface area contributed by atoms with E-state index in [-0.39, 0.29) is 33.1 Å². The van der Waals surface area contributed by atoms with Gasteiger partial charge in [0.25, 0.3) is 0 Å². The largest absolute Gasteiger partial charge is 0.203 e. The molecule has 114 heavy (non-hydrogen) atoms. The van der Waals surface area contributed by atoms with E-state index in [1.54, 1.807) is 45.3 Å². The number of thiophene rings is 8. The molecule has 4 atom stereocenters. The van der Waals surface area contributed by atoms with E-state index >= 15 is 17.6 Å². The van der Waals surface area contributed by atoms with Crippen LogP contribution in [0.5, 0.6) is 0 Å². The quantitative estimate of drug-likeness (QED) is 0.0283. The zero-order chi connectivity index (χ0) is 79.4. The fourth-order valence-corrected chi connectivity index (χ4v) is 29.3. The summed E-state index contributed by atoms with van der Waals surface area (Å²) < 4.78 is 88.8. The molecule has 2 aliphatic rings. The molecule has 10 aromatic heterocycles. The Bertz CT molecular complexity index is 5060. The molecule has 4 unspecified atom stereocenters. The van der Waals surface area contributed by atoms with Crippen molar-refractivity contribution in [3.8, 4) is 102 Å². The molecule has 0 amide bonds. The molecule has 0 spiro atoms. The van der Waals surface area contributed by atoms with Crippen molar-refractivity contribution in [2.75, 3.05) is 0 Å². The molecule has 0 radical (unpaired) electrons. The minimum Gasteiger partial charge on any atom is -0.203 e. The van der Waals surface area contributed by atoms with Gasteiger partial charge in [0, 0.05) is 88.9 Å². The van der Waals surface area contributed by atoms with E-state index in [9.17, 15) is 0 Å². The second kappa shape index (κ2) is 37.5. The summed E-state index contributed by atoms with van der Waals surface area (Å²) >= 11 is 15.5. The van der Waals surface area contributed by atoms with Gasteiger partial charge >= 0.3 is 0 Å². The van der Waals surface area contributed by atoms with E-state index in [4.69, 9.17) is 17.5 Å². The Morgan fingerprint density at radius 1 is 0.281 bits per heavy atom. The fourth-order valence-electron chi connectivity index (χ4n) is 18.9. The lowest BCUT2D eigenvalue weighted by molar-refractivity contribution is 0.264. The van der Waals surface area contributed by atoms with Crippen molar-refractivity contribution in [1.82, 2.24) is 17.5 Å². The average Bonchev–Trinajstić information content (AvgIpc) is 1.52. The van der Waals surface area contributed by atoms with Crippen LogP contribution in [0.2, 0.25) is 0 Å². The van der Waals surface area contributed by atoms with E-state index < -0.39 is 23.3 Å². The first-order chi connectivity index (χ1) is 55.7. The Balaban J connectivity index is 0.850. The van der Waals surface area contributed by atoms with Gasteiger partial charge in [-0.05, 0) is 205 Å². The SMILES string of the molecule is CCCCCCc1ccc(-c2ccc(-c3c(F)c(F)c(-c4ccc(-c5cc6c(s5)-c5cc7c(cc5C6(CC(CC)CCCC)CC(CC)CCCC)-c5sc(-c6ccc(-c8c(F)c(F)c(-c9ccc(-c%10ccc(CCCCCC)s%10)s9)c9nsnc89)s6)cc5C7(CC(CC)CCCC)CC(CC)CCCC)s4)c4nsnc34)s2)s1. The third-order valence-corrected chi connectivity index (χ3v) is 36.2. The molecule has 0 N–H and O–H groups in total. The lowest BCUT2D eigenvalue weighted by Gasteiger charge is -2.40. The summed E-state index contributed by atoms with van der Waals surface area (Å²) in [6.07, 6.45) is 34.5. The van der Waals surface area contributed by atoms with Gasteiger partial charge < -0.3 is 0 Å². The standard InChI is InChI=1S/C96H110F4N4S10/c1-11-21-27-29-35-61-37-39-69(105-61)71-41-45-75(107-71)81-85(97)87(99)83(91-89(81)101-113-103-91)77-47-43-73(109-77)79-51-67-93(111-79)63-49-66-64(50-65(63)95(67,53-57(17-7)31-23-13-3)54-58(18-8)32-24-14-4)94-68(96(66,55-59(19-9)33-25-15-5)56-60(20-10)34-26-16-6)52-80(112-94)74-44-48-78(110-74)84-88(100)86(98)82(90-92(84)104-114-102-90)76-46-42-72(108-76)70-40-38-62(106-70)36-30-28-22-12-2/h37-52,57-60H,11-36,53-56H2,1-10H3. The van der Waals surface area contributed by atoms with Gasteiger partial charge in [-0.1, -0.05) is 210 Å². The second-order valence-corrected chi connectivity index (χ2v) is 42.6. The molecule has 0 saturated heterocycles. The van der Waals surface area contributed by atoms with Crippen LogP contribution in [0.4, 0.5) is 17.6 Å². The number of benzene rings is 3. The molecule has 10 heterocycles. The molecular formula is C96H110F4N4S10. The van der Waals surface area contributed by atoms with E-state index in [2.05, 4.69) is 130 Å². The highest BCUT2D eigenvalue weighted by Crippen LogP contribution is 2.67. The fraction of sp³-hybridized carbons (Fsp3) is 0.479. The molecule has 15 rings (SSSR count). The van der Waals surface area contributed by atoms with Crippen molar-refractivity contribution in [3.63, 3.8) is 0 Å². The monoisotopic (exact) mass is 1710 g/mol. The van der Waals surface area contributed by atoms with Crippen molar-refractivity contribution in [2.45, 2.75) is 273 Å². The molecule has 4 nitrogen and oxygen atoms in total. The van der Waals surface area contributed by atoms with Crippen molar-refractivity contribution in [2.24, 2.45) is 23.7 Å². The number of aromatic nitrogens is 4. The Kier molecular flexibility index (Phi) is 27.5. The molecule has 13 aromatic rings. The first-order valence-electron chi connectivity index (χ1n) is 43.0. The number of halogens is 4. The zero-order valence-electron chi connectivity index (χ0n) is 68.1. The van der Waals surface area contributed by atoms with Crippen LogP contribution < -0.4 is 0 Å². The van der Waals surface area contributed by atoms with Crippen LogP contribution in [0, 0.1) is 46.9 Å². The molecule has 18 heteroatoms. The highest BCUT2D eigenvalue weighted by Gasteiger charge is 2.52. The normalized spacial score (nSPS) is 16.3. The number of aryl methyl sites for hydroxylation is 2. The first kappa shape index (κ1) is 83.7. The van der Waals surface area contributed by atoms with Crippen molar-refractivity contribution in [3.05, 3.63) is 152 Å². The molecule has 2 aliphatic carbocycles. The van der Waals surface area contributed by atoms with Crippen LogP contribution in [-0.4, -0.2) is 17.5 Å². The third kappa shape index (κ3) is 16.5. The predicted octanol–water partition coefficient (Wildman–Crippen LogP) is 35.3. The minimum atomic E-state index is -0.878. The maximum atomic E-state index is 17.5. The number of fused-ring (bicyclic) bond motifs is 8. The van der Waals surface area contributed by atoms with Crippen molar-refractivity contribution >= 4 is 136 Å². The Hall–Kier alpha value is -5.38. The van der Waals surface area contributed by atoms with Gasteiger partial charge in [0.05, 0.1) is 45.7 Å². The van der Waals surface area contributed by atoms with Crippen molar-refractivity contribution in [1.29, 1.82) is 0 Å². The maximum Gasteiger partial charge on any atom is 0.170 e. The topological polar surface area (TPSA) is 51.6 Å². The Labute approximate surface area is 715 Å². The smallest absolute Gasteiger partial charge is 0.170 e. The molecule has 0 aliphatic heterocycles. The highest BCUT2D eigenvalue weighted by molar-refractivity contribution is 7.27. The lowest BCUT2D eigenvalue weighted by Crippen LogP contribution is -2.32. The molecule has 0 fully saturated rings. The van der Waals surface area contributed by atoms with Gasteiger partial charge in [0.2, 0.25) is 0 Å². The Morgan fingerprint density at radius 2 is 0.553 bits per heavy atom. The van der Waals surface area contributed by atoms with Gasteiger partial charge in [-0.15, -0.1) is 90.7 Å².